The van der Waals surface area contributed by atoms with Crippen molar-refractivity contribution in [3.63, 3.8) is 0 Å². The Kier molecular flexibility index (Phi) is 7.15. The molecule has 0 aliphatic heterocycles. The van der Waals surface area contributed by atoms with Crippen LogP contribution in [0.2, 0.25) is 0 Å². The number of nitrogens with two attached hydrogens (primary N) is 1. The summed E-state index contributed by atoms with van der Waals surface area (Å²) in [4.78, 5) is 38.3. The van der Waals surface area contributed by atoms with E-state index in [1.165, 1.54) is 18.6 Å². The molecular formula is C28H25N7O4S. The van der Waals surface area contributed by atoms with Gasteiger partial charge in [0.15, 0.2) is 0 Å². The Morgan fingerprint density at radius 2 is 1.90 bits per heavy atom. The highest BCUT2D eigenvalue weighted by molar-refractivity contribution is 7.91. The SMILES string of the molecule is CS(=O)(=O)C1CCC(=NC(=O)c2cnc(-n3ccc4cc(C#N)cnc43)cc2Nc2cccc(C(N)=O)c2)CC1. The summed E-state index contributed by atoms with van der Waals surface area (Å²) in [5.74, 6) is -0.652. The number of carbonyl (C=O) groups excluding carboxylic acids is 2. The number of carbonyl (C=O) groups is 2. The van der Waals surface area contributed by atoms with E-state index in [-0.39, 0.29) is 5.56 Å². The van der Waals surface area contributed by atoms with Crippen molar-refractivity contribution >= 4 is 49.8 Å². The van der Waals surface area contributed by atoms with E-state index in [1.807, 2.05) is 6.07 Å². The molecule has 1 aliphatic carbocycles. The number of pyridine rings is 2. The van der Waals surface area contributed by atoms with Gasteiger partial charge < -0.3 is 11.1 Å². The monoisotopic (exact) mass is 555 g/mol. The van der Waals surface area contributed by atoms with E-state index in [0.29, 0.717) is 65.4 Å². The third-order valence-corrected chi connectivity index (χ3v) is 8.51. The number of amides is 2. The van der Waals surface area contributed by atoms with Crippen LogP contribution in [0.4, 0.5) is 11.4 Å². The molecule has 5 rings (SSSR count). The number of fused-ring (bicyclic) bond motifs is 1. The Balaban J connectivity index is 1.52. The van der Waals surface area contributed by atoms with Gasteiger partial charge in [-0.1, -0.05) is 6.07 Å². The first-order valence-corrected chi connectivity index (χ1v) is 14.4. The maximum Gasteiger partial charge on any atom is 0.280 e. The molecular weight excluding hydrogens is 530 g/mol. The van der Waals surface area contributed by atoms with Gasteiger partial charge in [0.25, 0.3) is 5.91 Å². The number of nitriles is 1. The summed E-state index contributed by atoms with van der Waals surface area (Å²) in [6.45, 7) is 0. The van der Waals surface area contributed by atoms with Gasteiger partial charge in [0, 0.05) is 53.3 Å². The smallest absolute Gasteiger partial charge is 0.280 e. The third-order valence-electron chi connectivity index (χ3n) is 6.82. The maximum absolute atomic E-state index is 13.3. The van der Waals surface area contributed by atoms with Crippen LogP contribution in [-0.4, -0.2) is 52.0 Å². The topological polar surface area (TPSA) is 173 Å². The molecule has 0 spiro atoms. The Labute approximate surface area is 230 Å². The largest absolute Gasteiger partial charge is 0.366 e. The molecule has 4 aromatic rings. The fraction of sp³-hybridized carbons (Fsp3) is 0.214. The van der Waals surface area contributed by atoms with Crippen LogP contribution in [0, 0.1) is 11.3 Å². The number of aliphatic imine (C=N–C) groups is 1. The van der Waals surface area contributed by atoms with E-state index in [4.69, 9.17) is 5.73 Å². The second-order valence-electron chi connectivity index (χ2n) is 9.60. The number of benzene rings is 1. The molecule has 1 aliphatic rings. The van der Waals surface area contributed by atoms with E-state index < -0.39 is 26.9 Å². The van der Waals surface area contributed by atoms with Crippen LogP contribution in [0.5, 0.6) is 0 Å². The molecule has 1 fully saturated rings. The quantitative estimate of drug-likeness (QED) is 0.362. The van der Waals surface area contributed by atoms with Gasteiger partial charge >= 0.3 is 0 Å². The lowest BCUT2D eigenvalue weighted by Gasteiger charge is -2.21. The molecule has 0 atom stereocenters. The van der Waals surface area contributed by atoms with Gasteiger partial charge in [-0.05, 0) is 56.0 Å². The van der Waals surface area contributed by atoms with Crippen molar-refractivity contribution in [2.75, 3.05) is 11.6 Å². The zero-order valence-corrected chi connectivity index (χ0v) is 22.4. The van der Waals surface area contributed by atoms with Gasteiger partial charge in [-0.15, -0.1) is 0 Å². The van der Waals surface area contributed by atoms with Crippen molar-refractivity contribution in [2.45, 2.75) is 30.9 Å². The lowest BCUT2D eigenvalue weighted by Crippen LogP contribution is -2.26. The minimum Gasteiger partial charge on any atom is -0.366 e. The molecule has 0 unspecified atom stereocenters. The predicted molar refractivity (Wildman–Crippen MR) is 151 cm³/mol. The first-order chi connectivity index (χ1) is 19.1. The van der Waals surface area contributed by atoms with Gasteiger partial charge in [-0.2, -0.15) is 5.26 Å². The molecule has 1 aromatic carbocycles. The second-order valence-corrected chi connectivity index (χ2v) is 11.9. The summed E-state index contributed by atoms with van der Waals surface area (Å²) in [6, 6.07) is 13.8. The molecule has 3 heterocycles. The Morgan fingerprint density at radius 3 is 2.60 bits per heavy atom. The maximum atomic E-state index is 13.3. The Bertz CT molecular complexity index is 1830. The van der Waals surface area contributed by atoms with Crippen molar-refractivity contribution in [1.29, 1.82) is 5.26 Å². The van der Waals surface area contributed by atoms with Gasteiger partial charge in [0.2, 0.25) is 5.91 Å². The Hall–Kier alpha value is -4.89. The molecule has 2 amide bonds. The van der Waals surface area contributed by atoms with Crippen molar-refractivity contribution < 1.29 is 18.0 Å². The number of primary amides is 1. The van der Waals surface area contributed by atoms with Crippen LogP contribution < -0.4 is 11.1 Å². The van der Waals surface area contributed by atoms with Crippen LogP contribution in [0.1, 0.15) is 52.0 Å². The van der Waals surface area contributed by atoms with Gasteiger partial charge in [0.1, 0.15) is 27.4 Å². The summed E-state index contributed by atoms with van der Waals surface area (Å²) in [6.07, 6.45) is 7.58. The number of nitrogens with zero attached hydrogens (tertiary/aromatic N) is 5. The van der Waals surface area contributed by atoms with E-state index in [1.54, 1.807) is 47.2 Å². The molecule has 40 heavy (non-hydrogen) atoms. The van der Waals surface area contributed by atoms with E-state index in [0.717, 1.165) is 5.39 Å². The summed E-state index contributed by atoms with van der Waals surface area (Å²) in [5, 5.41) is 12.7. The molecule has 0 radical (unpaired) electrons. The van der Waals surface area contributed by atoms with E-state index in [9.17, 15) is 23.3 Å². The zero-order chi connectivity index (χ0) is 28.4. The van der Waals surface area contributed by atoms with Gasteiger partial charge in [-0.3, -0.25) is 14.2 Å². The van der Waals surface area contributed by atoms with Crippen molar-refractivity contribution in [3.05, 3.63) is 77.7 Å². The average molecular weight is 556 g/mol. The first kappa shape index (κ1) is 26.7. The average Bonchev–Trinajstić information content (AvgIpc) is 3.36. The lowest BCUT2D eigenvalue weighted by molar-refractivity contribution is 0.0993. The van der Waals surface area contributed by atoms with Crippen molar-refractivity contribution in [1.82, 2.24) is 14.5 Å². The highest BCUT2D eigenvalue weighted by Gasteiger charge is 2.26. The number of hydrogen-bond acceptors (Lipinski definition) is 8. The first-order valence-electron chi connectivity index (χ1n) is 12.5. The number of nitrogens with one attached hydrogen (secondary N) is 1. The van der Waals surface area contributed by atoms with Crippen molar-refractivity contribution in [2.24, 2.45) is 10.7 Å². The van der Waals surface area contributed by atoms with Gasteiger partial charge in [0.05, 0.1) is 22.1 Å². The van der Waals surface area contributed by atoms with Crippen molar-refractivity contribution in [3.8, 4) is 11.9 Å². The fourth-order valence-electron chi connectivity index (χ4n) is 4.69. The van der Waals surface area contributed by atoms with Crippen LogP contribution in [0.25, 0.3) is 16.9 Å². The standard InChI is InChI=1S/C28H25N7O4S/c1-40(38,39)22-7-5-20(6-8-22)34-28(37)23-16-31-25(35-10-9-19-11-17(14-29)15-32-27(19)35)13-24(23)33-21-4-2-3-18(12-21)26(30)36/h2-4,9-13,15-16,22H,5-8H2,1H3,(H2,30,36)(H,31,33). The van der Waals surface area contributed by atoms with E-state index >= 15 is 0 Å². The highest BCUT2D eigenvalue weighted by atomic mass is 32.2. The minimum absolute atomic E-state index is 0.196. The van der Waals surface area contributed by atoms with Crippen LogP contribution in [-0.2, 0) is 9.84 Å². The summed E-state index contributed by atoms with van der Waals surface area (Å²) in [7, 11) is -3.14. The highest BCUT2D eigenvalue weighted by Crippen LogP contribution is 2.28. The van der Waals surface area contributed by atoms with Crippen LogP contribution in [0.3, 0.4) is 0 Å². The lowest BCUT2D eigenvalue weighted by atomic mass is 9.98. The van der Waals surface area contributed by atoms with Crippen LogP contribution in [0.15, 0.2) is 66.0 Å². The summed E-state index contributed by atoms with van der Waals surface area (Å²) in [5.41, 5.74) is 8.50. The molecule has 0 saturated heterocycles. The molecule has 0 bridgehead atoms. The number of hydrogen-bond donors (Lipinski definition) is 2. The molecule has 3 aromatic heterocycles. The Morgan fingerprint density at radius 1 is 1.12 bits per heavy atom. The molecule has 3 N–H and O–H groups in total. The summed E-state index contributed by atoms with van der Waals surface area (Å²) < 4.78 is 25.5. The fourth-order valence-corrected chi connectivity index (χ4v) is 5.79. The van der Waals surface area contributed by atoms with E-state index in [2.05, 4.69) is 26.3 Å². The third kappa shape index (κ3) is 5.60. The number of aromatic nitrogens is 3. The molecule has 12 heteroatoms. The minimum atomic E-state index is -3.14. The van der Waals surface area contributed by atoms with Gasteiger partial charge in [-0.25, -0.2) is 23.4 Å². The number of anilines is 2. The second kappa shape index (κ2) is 10.7. The molecule has 202 valence electrons. The normalized spacial score (nSPS) is 15.4. The van der Waals surface area contributed by atoms with Crippen LogP contribution >= 0.6 is 0 Å². The molecule has 11 nitrogen and oxygen atoms in total. The predicted octanol–water partition coefficient (Wildman–Crippen LogP) is 3.70. The molecule has 1 saturated carbocycles. The zero-order valence-electron chi connectivity index (χ0n) is 21.5. The summed E-state index contributed by atoms with van der Waals surface area (Å²) >= 11 is 0. The number of rotatable bonds is 6. The number of sulfone groups is 1.